The summed E-state index contributed by atoms with van der Waals surface area (Å²) < 4.78 is 4.96. The minimum atomic E-state index is 0.0878. The second kappa shape index (κ2) is 3.66. The van der Waals surface area contributed by atoms with Crippen LogP contribution in [0.3, 0.4) is 0 Å². The summed E-state index contributed by atoms with van der Waals surface area (Å²) >= 11 is 0. The lowest BCUT2D eigenvalue weighted by Crippen LogP contribution is -2.49. The van der Waals surface area contributed by atoms with Crippen LogP contribution in [0.2, 0.25) is 0 Å². The molecule has 1 aliphatic rings. The molecule has 0 aromatic carbocycles. The maximum Gasteiger partial charge on any atom is 0.228 e. The van der Waals surface area contributed by atoms with Gasteiger partial charge < -0.3 is 10.1 Å². The Morgan fingerprint density at radius 2 is 2.00 bits per heavy atom. The molecular weight excluding hydrogens is 166 g/mol. The van der Waals surface area contributed by atoms with Gasteiger partial charge in [0.2, 0.25) is 5.91 Å². The number of amides is 1. The van der Waals surface area contributed by atoms with Gasteiger partial charge in [0.25, 0.3) is 0 Å². The third-order valence-electron chi connectivity index (χ3n) is 2.67. The Bertz CT molecular complexity index is 192. The molecule has 1 saturated heterocycles. The molecule has 1 heterocycles. The summed E-state index contributed by atoms with van der Waals surface area (Å²) in [6.45, 7) is 9.57. The molecule has 0 aromatic rings. The molecule has 0 aromatic heterocycles. The fourth-order valence-electron chi connectivity index (χ4n) is 0.935. The topological polar surface area (TPSA) is 38.3 Å². The third-order valence-corrected chi connectivity index (χ3v) is 2.67. The molecule has 1 aliphatic heterocycles. The van der Waals surface area contributed by atoms with E-state index in [0.29, 0.717) is 13.2 Å². The van der Waals surface area contributed by atoms with Crippen LogP contribution in [0.4, 0.5) is 0 Å². The second-order valence-electron chi connectivity index (χ2n) is 4.83. The first kappa shape index (κ1) is 10.5. The summed E-state index contributed by atoms with van der Waals surface area (Å²) in [6.07, 6.45) is 0. The van der Waals surface area contributed by atoms with E-state index >= 15 is 0 Å². The molecule has 1 N–H and O–H groups in total. The molecule has 0 aliphatic carbocycles. The van der Waals surface area contributed by atoms with Crippen LogP contribution < -0.4 is 5.32 Å². The zero-order valence-electron chi connectivity index (χ0n) is 8.89. The van der Waals surface area contributed by atoms with Crippen LogP contribution in [0.5, 0.6) is 0 Å². The van der Waals surface area contributed by atoms with Crippen molar-refractivity contribution in [2.75, 3.05) is 13.2 Å². The van der Waals surface area contributed by atoms with E-state index in [0.717, 1.165) is 0 Å². The van der Waals surface area contributed by atoms with Crippen molar-refractivity contribution in [3.63, 3.8) is 0 Å². The number of carbonyl (C=O) groups excluding carboxylic acids is 1. The van der Waals surface area contributed by atoms with Crippen molar-refractivity contribution in [1.29, 1.82) is 0 Å². The van der Waals surface area contributed by atoms with Crippen molar-refractivity contribution in [3.8, 4) is 0 Å². The standard InChI is InChI=1S/C10H19NO2/c1-7(10(2,3)4)11-9(12)8-5-13-6-8/h7-8H,5-6H2,1-4H3,(H,11,12). The average molecular weight is 185 g/mol. The van der Waals surface area contributed by atoms with Crippen molar-refractivity contribution >= 4 is 5.91 Å². The first-order valence-electron chi connectivity index (χ1n) is 4.79. The van der Waals surface area contributed by atoms with E-state index in [9.17, 15) is 4.79 Å². The van der Waals surface area contributed by atoms with Crippen molar-refractivity contribution < 1.29 is 9.53 Å². The summed E-state index contributed by atoms with van der Waals surface area (Å²) in [6, 6.07) is 0.209. The van der Waals surface area contributed by atoms with Gasteiger partial charge in [-0.25, -0.2) is 0 Å². The van der Waals surface area contributed by atoms with Crippen LogP contribution in [0, 0.1) is 11.3 Å². The van der Waals surface area contributed by atoms with Crippen molar-refractivity contribution in [3.05, 3.63) is 0 Å². The first-order chi connectivity index (χ1) is 5.91. The smallest absolute Gasteiger partial charge is 0.228 e. The molecule has 1 unspecified atom stereocenters. The Morgan fingerprint density at radius 3 is 2.31 bits per heavy atom. The highest BCUT2D eigenvalue weighted by molar-refractivity contribution is 5.79. The molecule has 0 spiro atoms. The molecular formula is C10H19NO2. The summed E-state index contributed by atoms with van der Waals surface area (Å²) in [7, 11) is 0. The van der Waals surface area contributed by atoms with Crippen LogP contribution in [0.1, 0.15) is 27.7 Å². The Kier molecular flexibility index (Phi) is 2.96. The van der Waals surface area contributed by atoms with Gasteiger partial charge in [-0.2, -0.15) is 0 Å². The van der Waals surface area contributed by atoms with Gasteiger partial charge in [-0.3, -0.25) is 4.79 Å². The zero-order valence-corrected chi connectivity index (χ0v) is 8.89. The van der Waals surface area contributed by atoms with Gasteiger partial charge in [0, 0.05) is 6.04 Å². The van der Waals surface area contributed by atoms with Gasteiger partial charge in [0.1, 0.15) is 0 Å². The highest BCUT2D eigenvalue weighted by Crippen LogP contribution is 2.19. The molecule has 0 bridgehead atoms. The Hall–Kier alpha value is -0.570. The van der Waals surface area contributed by atoms with E-state index in [-0.39, 0.29) is 23.3 Å². The van der Waals surface area contributed by atoms with Crippen LogP contribution in [0.25, 0.3) is 0 Å². The van der Waals surface area contributed by atoms with Gasteiger partial charge in [0.05, 0.1) is 19.1 Å². The predicted molar refractivity (Wildman–Crippen MR) is 51.4 cm³/mol. The molecule has 1 atom stereocenters. The minimum Gasteiger partial charge on any atom is -0.380 e. The maximum atomic E-state index is 11.5. The molecule has 13 heavy (non-hydrogen) atoms. The zero-order chi connectivity index (χ0) is 10.1. The normalized spacial score (nSPS) is 20.6. The SMILES string of the molecule is CC(NC(=O)C1COC1)C(C)(C)C. The largest absolute Gasteiger partial charge is 0.380 e. The number of ether oxygens (including phenoxy) is 1. The Balaban J connectivity index is 2.35. The van der Waals surface area contributed by atoms with Gasteiger partial charge in [-0.05, 0) is 12.3 Å². The van der Waals surface area contributed by atoms with Gasteiger partial charge in [-0.15, -0.1) is 0 Å². The molecule has 1 fully saturated rings. The number of carbonyl (C=O) groups is 1. The van der Waals surface area contributed by atoms with E-state index in [2.05, 4.69) is 26.1 Å². The highest BCUT2D eigenvalue weighted by atomic mass is 16.5. The van der Waals surface area contributed by atoms with Gasteiger partial charge in [-0.1, -0.05) is 20.8 Å². The maximum absolute atomic E-state index is 11.5. The summed E-state index contributed by atoms with van der Waals surface area (Å²) in [4.78, 5) is 11.5. The average Bonchev–Trinajstić information content (AvgIpc) is 1.79. The van der Waals surface area contributed by atoms with Crippen molar-refractivity contribution in [2.45, 2.75) is 33.7 Å². The number of hydrogen-bond donors (Lipinski definition) is 1. The lowest BCUT2D eigenvalue weighted by atomic mass is 9.87. The minimum absolute atomic E-state index is 0.0878. The molecule has 1 rings (SSSR count). The number of hydrogen-bond acceptors (Lipinski definition) is 2. The highest BCUT2D eigenvalue weighted by Gasteiger charge is 2.29. The van der Waals surface area contributed by atoms with Crippen LogP contribution in [-0.2, 0) is 9.53 Å². The molecule has 0 saturated carbocycles. The van der Waals surface area contributed by atoms with Crippen molar-refractivity contribution in [1.82, 2.24) is 5.32 Å². The van der Waals surface area contributed by atoms with Crippen LogP contribution >= 0.6 is 0 Å². The lowest BCUT2D eigenvalue weighted by molar-refractivity contribution is -0.140. The van der Waals surface area contributed by atoms with E-state index in [1.807, 2.05) is 6.92 Å². The summed E-state index contributed by atoms with van der Waals surface area (Å²) in [5, 5.41) is 3.00. The first-order valence-corrected chi connectivity index (χ1v) is 4.79. The molecule has 0 radical (unpaired) electrons. The molecule has 3 heteroatoms. The Labute approximate surface area is 79.8 Å². The van der Waals surface area contributed by atoms with Gasteiger partial charge >= 0.3 is 0 Å². The second-order valence-corrected chi connectivity index (χ2v) is 4.83. The lowest BCUT2D eigenvalue weighted by Gasteiger charge is -2.32. The van der Waals surface area contributed by atoms with Gasteiger partial charge in [0.15, 0.2) is 0 Å². The molecule has 76 valence electrons. The van der Waals surface area contributed by atoms with E-state index in [1.54, 1.807) is 0 Å². The summed E-state index contributed by atoms with van der Waals surface area (Å²) in [5.74, 6) is 0.221. The monoisotopic (exact) mass is 185 g/mol. The van der Waals surface area contributed by atoms with E-state index in [1.165, 1.54) is 0 Å². The number of rotatable bonds is 2. The van der Waals surface area contributed by atoms with Crippen molar-refractivity contribution in [2.24, 2.45) is 11.3 Å². The summed E-state index contributed by atoms with van der Waals surface area (Å²) in [5.41, 5.74) is 0.125. The molecule has 3 nitrogen and oxygen atoms in total. The fraction of sp³-hybridized carbons (Fsp3) is 0.900. The van der Waals surface area contributed by atoms with E-state index < -0.39 is 0 Å². The van der Waals surface area contributed by atoms with Crippen LogP contribution in [-0.4, -0.2) is 25.2 Å². The molecule has 1 amide bonds. The van der Waals surface area contributed by atoms with Crippen LogP contribution in [0.15, 0.2) is 0 Å². The quantitative estimate of drug-likeness (QED) is 0.701. The predicted octanol–water partition coefficient (Wildman–Crippen LogP) is 1.18. The number of nitrogens with one attached hydrogen (secondary N) is 1. The fourth-order valence-corrected chi connectivity index (χ4v) is 0.935. The van der Waals surface area contributed by atoms with E-state index in [4.69, 9.17) is 4.74 Å². The Morgan fingerprint density at radius 1 is 1.46 bits per heavy atom. The third kappa shape index (κ3) is 2.69.